The zero-order valence-electron chi connectivity index (χ0n) is 10.1. The molecular formula is C13H15N3O2. The molecule has 1 N–H and O–H groups in total. The Bertz CT molecular complexity index is 501. The molecule has 1 aliphatic rings. The lowest BCUT2D eigenvalue weighted by molar-refractivity contribution is 0.0651. The van der Waals surface area contributed by atoms with Crippen LogP contribution in [0.25, 0.3) is 0 Å². The molecule has 0 spiro atoms. The van der Waals surface area contributed by atoms with Crippen molar-refractivity contribution in [1.29, 1.82) is 0 Å². The van der Waals surface area contributed by atoms with Gasteiger partial charge in [-0.1, -0.05) is 5.92 Å². The summed E-state index contributed by atoms with van der Waals surface area (Å²) >= 11 is 0. The van der Waals surface area contributed by atoms with Crippen LogP contribution in [0.4, 0.5) is 0 Å². The highest BCUT2D eigenvalue weighted by Crippen LogP contribution is 2.06. The second kappa shape index (κ2) is 5.52. The highest BCUT2D eigenvalue weighted by molar-refractivity contribution is 5.93. The lowest BCUT2D eigenvalue weighted by Crippen LogP contribution is -2.48. The fourth-order valence-corrected chi connectivity index (χ4v) is 1.96. The van der Waals surface area contributed by atoms with Gasteiger partial charge in [-0.15, -0.1) is 6.42 Å². The summed E-state index contributed by atoms with van der Waals surface area (Å²) < 4.78 is 0. The Balaban J connectivity index is 1.97. The summed E-state index contributed by atoms with van der Waals surface area (Å²) in [4.78, 5) is 29.5. The van der Waals surface area contributed by atoms with Crippen molar-refractivity contribution in [3.05, 3.63) is 34.2 Å². The van der Waals surface area contributed by atoms with E-state index in [2.05, 4.69) is 15.8 Å². The Morgan fingerprint density at radius 1 is 1.33 bits per heavy atom. The number of pyridine rings is 1. The van der Waals surface area contributed by atoms with Crippen molar-refractivity contribution in [1.82, 2.24) is 14.8 Å². The Kier molecular flexibility index (Phi) is 3.80. The molecule has 2 rings (SSSR count). The van der Waals surface area contributed by atoms with E-state index in [1.165, 1.54) is 12.3 Å². The van der Waals surface area contributed by atoms with E-state index in [1.807, 2.05) is 0 Å². The predicted molar refractivity (Wildman–Crippen MR) is 68.2 cm³/mol. The molecule has 0 aromatic carbocycles. The molecule has 0 atom stereocenters. The topological polar surface area (TPSA) is 56.4 Å². The van der Waals surface area contributed by atoms with Crippen molar-refractivity contribution in [3.8, 4) is 12.3 Å². The van der Waals surface area contributed by atoms with Crippen LogP contribution in [0.5, 0.6) is 0 Å². The lowest BCUT2D eigenvalue weighted by Gasteiger charge is -2.33. The van der Waals surface area contributed by atoms with Crippen LogP contribution in [0, 0.1) is 12.3 Å². The number of rotatable bonds is 2. The van der Waals surface area contributed by atoms with Crippen molar-refractivity contribution in [2.24, 2.45) is 0 Å². The van der Waals surface area contributed by atoms with Gasteiger partial charge in [-0.25, -0.2) is 0 Å². The number of hydrogen-bond acceptors (Lipinski definition) is 3. The van der Waals surface area contributed by atoms with E-state index in [0.29, 0.717) is 25.2 Å². The molecule has 1 aromatic heterocycles. The molecule has 0 aliphatic carbocycles. The van der Waals surface area contributed by atoms with Gasteiger partial charge in [-0.05, 0) is 6.07 Å². The monoisotopic (exact) mass is 245 g/mol. The van der Waals surface area contributed by atoms with Gasteiger partial charge in [0.2, 0.25) is 5.56 Å². The van der Waals surface area contributed by atoms with E-state index in [-0.39, 0.29) is 11.5 Å². The normalized spacial score (nSPS) is 16.3. The van der Waals surface area contributed by atoms with Gasteiger partial charge in [-0.2, -0.15) is 0 Å². The van der Waals surface area contributed by atoms with Gasteiger partial charge < -0.3 is 9.88 Å². The summed E-state index contributed by atoms with van der Waals surface area (Å²) in [6, 6.07) is 2.91. The van der Waals surface area contributed by atoms with Gasteiger partial charge >= 0.3 is 0 Å². The second-order valence-corrected chi connectivity index (χ2v) is 4.21. The molecular weight excluding hydrogens is 230 g/mol. The molecule has 18 heavy (non-hydrogen) atoms. The summed E-state index contributed by atoms with van der Waals surface area (Å²) in [7, 11) is 0. The van der Waals surface area contributed by atoms with Crippen LogP contribution >= 0.6 is 0 Å². The molecule has 1 aromatic rings. The first kappa shape index (κ1) is 12.4. The first-order valence-electron chi connectivity index (χ1n) is 5.84. The van der Waals surface area contributed by atoms with Crippen LogP contribution in [-0.4, -0.2) is 53.4 Å². The molecule has 1 saturated heterocycles. The van der Waals surface area contributed by atoms with E-state index in [0.717, 1.165) is 13.1 Å². The number of nitrogens with zero attached hydrogens (tertiary/aromatic N) is 2. The Morgan fingerprint density at radius 2 is 2.06 bits per heavy atom. The minimum Gasteiger partial charge on any atom is -0.336 e. The smallest absolute Gasteiger partial charge is 0.255 e. The third-order valence-electron chi connectivity index (χ3n) is 3.01. The molecule has 0 radical (unpaired) electrons. The van der Waals surface area contributed by atoms with E-state index in [4.69, 9.17) is 6.42 Å². The van der Waals surface area contributed by atoms with Gasteiger partial charge in [0.15, 0.2) is 0 Å². The average Bonchev–Trinajstić information content (AvgIpc) is 2.40. The number of amides is 1. The maximum absolute atomic E-state index is 12.1. The molecule has 5 heteroatoms. The van der Waals surface area contributed by atoms with E-state index < -0.39 is 0 Å². The van der Waals surface area contributed by atoms with E-state index >= 15 is 0 Å². The summed E-state index contributed by atoms with van der Waals surface area (Å²) in [5.74, 6) is 2.55. The molecule has 94 valence electrons. The Morgan fingerprint density at radius 3 is 2.61 bits per heavy atom. The minimum absolute atomic E-state index is 0.0494. The molecule has 1 fully saturated rings. The Hall–Kier alpha value is -2.06. The zero-order valence-corrected chi connectivity index (χ0v) is 10.1. The van der Waals surface area contributed by atoms with Crippen LogP contribution in [0.3, 0.4) is 0 Å². The van der Waals surface area contributed by atoms with Crippen molar-refractivity contribution in [2.75, 3.05) is 32.7 Å². The molecule has 1 aliphatic heterocycles. The van der Waals surface area contributed by atoms with Gasteiger partial charge in [0, 0.05) is 38.4 Å². The van der Waals surface area contributed by atoms with Crippen molar-refractivity contribution in [3.63, 3.8) is 0 Å². The number of H-pyrrole nitrogens is 1. The summed E-state index contributed by atoms with van der Waals surface area (Å²) in [6.07, 6.45) is 6.71. The zero-order chi connectivity index (χ0) is 13.0. The van der Waals surface area contributed by atoms with Gasteiger partial charge in [0.1, 0.15) is 0 Å². The van der Waals surface area contributed by atoms with Crippen molar-refractivity contribution < 1.29 is 4.79 Å². The number of carbonyl (C=O) groups excluding carboxylic acids is 1. The number of aromatic nitrogens is 1. The van der Waals surface area contributed by atoms with Gasteiger partial charge in [-0.3, -0.25) is 14.5 Å². The quantitative estimate of drug-likeness (QED) is 0.732. The molecule has 1 amide bonds. The number of nitrogens with one attached hydrogen (secondary N) is 1. The minimum atomic E-state index is -0.203. The number of carbonyl (C=O) groups is 1. The fourth-order valence-electron chi connectivity index (χ4n) is 1.96. The van der Waals surface area contributed by atoms with E-state index in [9.17, 15) is 9.59 Å². The first-order chi connectivity index (χ1) is 8.70. The summed E-state index contributed by atoms with van der Waals surface area (Å²) in [6.45, 7) is 3.54. The Labute approximate surface area is 105 Å². The van der Waals surface area contributed by atoms with E-state index in [1.54, 1.807) is 11.0 Å². The first-order valence-corrected chi connectivity index (χ1v) is 5.84. The number of terminal acetylenes is 1. The SMILES string of the molecule is C#CCN1CCN(C(=O)c2ccc(=O)[nH]c2)CC1. The lowest BCUT2D eigenvalue weighted by atomic mass is 10.2. The summed E-state index contributed by atoms with van der Waals surface area (Å²) in [5, 5.41) is 0. The maximum Gasteiger partial charge on any atom is 0.255 e. The molecule has 0 saturated carbocycles. The molecule has 0 unspecified atom stereocenters. The fraction of sp³-hybridized carbons (Fsp3) is 0.385. The molecule has 0 bridgehead atoms. The third kappa shape index (κ3) is 2.79. The standard InChI is InChI=1S/C13H15N3O2/c1-2-5-15-6-8-16(9-7-15)13(18)11-3-4-12(17)14-10-11/h1,3-4,10H,5-9H2,(H,14,17). The molecule has 2 heterocycles. The number of aromatic amines is 1. The van der Waals surface area contributed by atoms with Crippen molar-refractivity contribution in [2.45, 2.75) is 0 Å². The van der Waals surface area contributed by atoms with Crippen molar-refractivity contribution >= 4 is 5.91 Å². The van der Waals surface area contributed by atoms with Crippen LogP contribution in [0.2, 0.25) is 0 Å². The van der Waals surface area contributed by atoms with Gasteiger partial charge in [0.25, 0.3) is 5.91 Å². The van der Waals surface area contributed by atoms with Gasteiger partial charge in [0.05, 0.1) is 12.1 Å². The van der Waals surface area contributed by atoms with Crippen LogP contribution in [-0.2, 0) is 0 Å². The maximum atomic E-state index is 12.1. The van der Waals surface area contributed by atoms with Crippen LogP contribution in [0.15, 0.2) is 23.1 Å². The predicted octanol–water partition coefficient (Wildman–Crippen LogP) is -0.234. The largest absolute Gasteiger partial charge is 0.336 e. The van der Waals surface area contributed by atoms with Crippen LogP contribution in [0.1, 0.15) is 10.4 Å². The highest BCUT2D eigenvalue weighted by Gasteiger charge is 2.21. The second-order valence-electron chi connectivity index (χ2n) is 4.21. The average molecular weight is 245 g/mol. The highest BCUT2D eigenvalue weighted by atomic mass is 16.2. The molecule has 5 nitrogen and oxygen atoms in total. The number of piperazine rings is 1. The van der Waals surface area contributed by atoms with Crippen LogP contribution < -0.4 is 5.56 Å². The third-order valence-corrected chi connectivity index (χ3v) is 3.01. The summed E-state index contributed by atoms with van der Waals surface area (Å²) in [5.41, 5.74) is 0.311. The number of hydrogen-bond donors (Lipinski definition) is 1.